The molecule has 1 amide bonds. The molecule has 0 unspecified atom stereocenters. The Morgan fingerprint density at radius 3 is 2.44 bits per heavy atom. The number of hydrogen-bond donors (Lipinski definition) is 1. The lowest BCUT2D eigenvalue weighted by Gasteiger charge is -2.35. The number of oxazole rings is 1. The molecular formula is C18H17FN4O2. The van der Waals surface area contributed by atoms with E-state index in [4.69, 9.17) is 10.2 Å². The molecule has 2 N–H and O–H groups in total. The summed E-state index contributed by atoms with van der Waals surface area (Å²) in [5, 5.41) is 0. The first-order chi connectivity index (χ1) is 12.1. The molecular weight excluding hydrogens is 323 g/mol. The van der Waals surface area contributed by atoms with Crippen molar-refractivity contribution in [2.45, 2.75) is 0 Å². The van der Waals surface area contributed by atoms with Crippen LogP contribution in [-0.2, 0) is 0 Å². The standard InChI is InChI=1S/C18H17FN4O2/c19-12-10-14(17(20)24)16-15(11-12)21-18(25-16)23-8-6-22(7-9-23)13-4-2-1-3-5-13/h1-5,10-11H,6-9H2,(H2,20,24). The van der Waals surface area contributed by atoms with E-state index in [1.54, 1.807) is 0 Å². The lowest BCUT2D eigenvalue weighted by Crippen LogP contribution is -2.46. The lowest BCUT2D eigenvalue weighted by atomic mass is 10.2. The van der Waals surface area contributed by atoms with Gasteiger partial charge in [-0.1, -0.05) is 18.2 Å². The van der Waals surface area contributed by atoms with Crippen LogP contribution < -0.4 is 15.5 Å². The Labute approximate surface area is 143 Å². The number of piperazine rings is 1. The number of para-hydroxylation sites is 1. The fourth-order valence-corrected chi connectivity index (χ4v) is 3.10. The van der Waals surface area contributed by atoms with Gasteiger partial charge in [0.1, 0.15) is 11.3 Å². The average molecular weight is 340 g/mol. The highest BCUT2D eigenvalue weighted by Gasteiger charge is 2.23. The molecule has 6 nitrogen and oxygen atoms in total. The second-order valence-electron chi connectivity index (χ2n) is 5.97. The van der Waals surface area contributed by atoms with E-state index in [2.05, 4.69) is 22.0 Å². The molecule has 0 atom stereocenters. The smallest absolute Gasteiger partial charge is 0.298 e. The van der Waals surface area contributed by atoms with Gasteiger partial charge in [-0.3, -0.25) is 4.79 Å². The van der Waals surface area contributed by atoms with E-state index in [1.165, 1.54) is 11.8 Å². The predicted octanol–water partition coefficient (Wildman–Crippen LogP) is 2.39. The molecule has 25 heavy (non-hydrogen) atoms. The zero-order valence-electron chi connectivity index (χ0n) is 13.5. The van der Waals surface area contributed by atoms with Crippen LogP contribution in [0, 0.1) is 5.82 Å². The van der Waals surface area contributed by atoms with Crippen molar-refractivity contribution < 1.29 is 13.6 Å². The Kier molecular flexibility index (Phi) is 3.76. The van der Waals surface area contributed by atoms with Gasteiger partial charge >= 0.3 is 0 Å². The highest BCUT2D eigenvalue weighted by molar-refractivity contribution is 6.03. The van der Waals surface area contributed by atoms with Crippen LogP contribution in [0.3, 0.4) is 0 Å². The molecule has 0 radical (unpaired) electrons. The average Bonchev–Trinajstić information content (AvgIpc) is 3.05. The molecule has 128 valence electrons. The number of anilines is 2. The molecule has 1 saturated heterocycles. The SMILES string of the molecule is NC(=O)c1cc(F)cc2nc(N3CCN(c4ccccc4)CC3)oc12. The van der Waals surface area contributed by atoms with Gasteiger partial charge in [0.05, 0.1) is 5.56 Å². The Morgan fingerprint density at radius 1 is 1.08 bits per heavy atom. The summed E-state index contributed by atoms with van der Waals surface area (Å²) in [7, 11) is 0. The first-order valence-electron chi connectivity index (χ1n) is 8.06. The number of rotatable bonds is 3. The van der Waals surface area contributed by atoms with Crippen LogP contribution in [0.1, 0.15) is 10.4 Å². The Bertz CT molecular complexity index is 917. The highest BCUT2D eigenvalue weighted by Crippen LogP contribution is 2.27. The van der Waals surface area contributed by atoms with Crippen LogP contribution in [-0.4, -0.2) is 37.1 Å². The van der Waals surface area contributed by atoms with Crippen molar-refractivity contribution in [1.29, 1.82) is 0 Å². The van der Waals surface area contributed by atoms with E-state index >= 15 is 0 Å². The number of nitrogens with two attached hydrogens (primary N) is 1. The van der Waals surface area contributed by atoms with Crippen molar-refractivity contribution in [3.63, 3.8) is 0 Å². The molecule has 1 aliphatic rings. The summed E-state index contributed by atoms with van der Waals surface area (Å²) in [6.45, 7) is 3.08. The maximum Gasteiger partial charge on any atom is 0.298 e. The molecule has 0 saturated carbocycles. The summed E-state index contributed by atoms with van der Waals surface area (Å²) in [6.07, 6.45) is 0. The van der Waals surface area contributed by atoms with E-state index < -0.39 is 11.7 Å². The molecule has 3 aromatic rings. The molecule has 7 heteroatoms. The van der Waals surface area contributed by atoms with Gasteiger partial charge in [0.2, 0.25) is 0 Å². The van der Waals surface area contributed by atoms with Gasteiger partial charge in [0, 0.05) is 37.9 Å². The number of hydrogen-bond acceptors (Lipinski definition) is 5. The molecule has 0 bridgehead atoms. The maximum absolute atomic E-state index is 13.6. The first-order valence-corrected chi connectivity index (χ1v) is 8.06. The summed E-state index contributed by atoms with van der Waals surface area (Å²) in [4.78, 5) is 20.1. The van der Waals surface area contributed by atoms with Gasteiger partial charge in [0.15, 0.2) is 5.58 Å². The Hall–Kier alpha value is -3.09. The number of carbonyl (C=O) groups is 1. The number of nitrogens with zero attached hydrogens (tertiary/aromatic N) is 3. The topological polar surface area (TPSA) is 75.6 Å². The van der Waals surface area contributed by atoms with Crippen LogP contribution in [0.25, 0.3) is 11.1 Å². The minimum Gasteiger partial charge on any atom is -0.423 e. The summed E-state index contributed by atoms with van der Waals surface area (Å²) < 4.78 is 19.4. The van der Waals surface area contributed by atoms with E-state index in [1.807, 2.05) is 23.1 Å². The Morgan fingerprint density at radius 2 is 1.76 bits per heavy atom. The molecule has 0 spiro atoms. The molecule has 4 rings (SSSR count). The number of aromatic nitrogens is 1. The van der Waals surface area contributed by atoms with Gasteiger partial charge < -0.3 is 20.0 Å². The van der Waals surface area contributed by atoms with E-state index in [-0.39, 0.29) is 11.1 Å². The van der Waals surface area contributed by atoms with Crippen LogP contribution in [0.15, 0.2) is 46.9 Å². The zero-order chi connectivity index (χ0) is 17.4. The summed E-state index contributed by atoms with van der Waals surface area (Å²) >= 11 is 0. The Balaban J connectivity index is 1.57. The zero-order valence-corrected chi connectivity index (χ0v) is 13.5. The van der Waals surface area contributed by atoms with E-state index in [0.29, 0.717) is 11.5 Å². The van der Waals surface area contributed by atoms with Gasteiger partial charge in [-0.25, -0.2) is 4.39 Å². The second-order valence-corrected chi connectivity index (χ2v) is 5.97. The largest absolute Gasteiger partial charge is 0.423 e. The van der Waals surface area contributed by atoms with Crippen molar-refractivity contribution in [1.82, 2.24) is 4.98 Å². The van der Waals surface area contributed by atoms with Crippen molar-refractivity contribution >= 4 is 28.7 Å². The summed E-state index contributed by atoms with van der Waals surface area (Å²) in [5.41, 5.74) is 7.03. The summed E-state index contributed by atoms with van der Waals surface area (Å²) in [5.74, 6) is -1.30. The van der Waals surface area contributed by atoms with Crippen molar-refractivity contribution in [2.75, 3.05) is 36.0 Å². The molecule has 1 aromatic heterocycles. The number of primary amides is 1. The molecule has 2 heterocycles. The van der Waals surface area contributed by atoms with Crippen LogP contribution in [0.5, 0.6) is 0 Å². The number of fused-ring (bicyclic) bond motifs is 1. The molecule has 0 aliphatic carbocycles. The fraction of sp³-hybridized carbons (Fsp3) is 0.222. The van der Waals surface area contributed by atoms with Crippen LogP contribution >= 0.6 is 0 Å². The van der Waals surface area contributed by atoms with E-state index in [9.17, 15) is 9.18 Å². The maximum atomic E-state index is 13.6. The molecule has 1 fully saturated rings. The number of amides is 1. The van der Waals surface area contributed by atoms with E-state index in [0.717, 1.165) is 32.2 Å². The predicted molar refractivity (Wildman–Crippen MR) is 93.4 cm³/mol. The van der Waals surface area contributed by atoms with Crippen LogP contribution in [0.4, 0.5) is 16.1 Å². The van der Waals surface area contributed by atoms with Crippen molar-refractivity contribution in [3.05, 3.63) is 53.8 Å². The second kappa shape index (κ2) is 6.08. The number of halogens is 1. The third kappa shape index (κ3) is 2.88. The summed E-state index contributed by atoms with van der Waals surface area (Å²) in [6, 6.07) is 12.9. The number of carbonyl (C=O) groups excluding carboxylic acids is 1. The minimum atomic E-state index is -0.735. The lowest BCUT2D eigenvalue weighted by molar-refractivity contribution is 0.100. The van der Waals surface area contributed by atoms with Crippen molar-refractivity contribution in [3.8, 4) is 0 Å². The van der Waals surface area contributed by atoms with Crippen LogP contribution in [0.2, 0.25) is 0 Å². The van der Waals surface area contributed by atoms with Gasteiger partial charge in [-0.05, 0) is 18.2 Å². The monoisotopic (exact) mass is 340 g/mol. The quantitative estimate of drug-likeness (QED) is 0.792. The van der Waals surface area contributed by atoms with Crippen molar-refractivity contribution in [2.24, 2.45) is 5.73 Å². The third-order valence-corrected chi connectivity index (χ3v) is 4.38. The molecule has 1 aliphatic heterocycles. The van der Waals surface area contributed by atoms with Gasteiger partial charge in [-0.2, -0.15) is 4.98 Å². The normalized spacial score (nSPS) is 14.9. The van der Waals surface area contributed by atoms with Gasteiger partial charge in [-0.15, -0.1) is 0 Å². The third-order valence-electron chi connectivity index (χ3n) is 4.38. The van der Waals surface area contributed by atoms with Gasteiger partial charge in [0.25, 0.3) is 11.9 Å². The number of benzene rings is 2. The minimum absolute atomic E-state index is 0.0108. The molecule has 2 aromatic carbocycles. The first kappa shape index (κ1) is 15.4. The fourth-order valence-electron chi connectivity index (χ4n) is 3.10. The highest BCUT2D eigenvalue weighted by atomic mass is 19.1.